The van der Waals surface area contributed by atoms with Gasteiger partial charge in [-0.1, -0.05) is 0 Å². The number of rotatable bonds is 2. The molecule has 0 aromatic heterocycles. The molecule has 1 heterocycles. The Balaban J connectivity index is 2.16. The SMILES string of the molecule is FC(F)(F)CCN1CCC(S)CC1. The number of likely N-dealkylation sites (tertiary alicyclic amines) is 1. The molecule has 78 valence electrons. The van der Waals surface area contributed by atoms with E-state index in [-0.39, 0.29) is 6.54 Å². The maximum atomic E-state index is 11.8. The van der Waals surface area contributed by atoms with Gasteiger partial charge in [-0.3, -0.25) is 0 Å². The molecule has 0 radical (unpaired) electrons. The number of alkyl halides is 3. The minimum absolute atomic E-state index is 0.143. The molecule has 0 aliphatic carbocycles. The van der Waals surface area contributed by atoms with Gasteiger partial charge in [0, 0.05) is 11.8 Å². The maximum Gasteiger partial charge on any atom is 0.390 e. The Morgan fingerprint density at radius 3 is 2.23 bits per heavy atom. The molecule has 5 heteroatoms. The van der Waals surface area contributed by atoms with E-state index < -0.39 is 12.6 Å². The summed E-state index contributed by atoms with van der Waals surface area (Å²) in [5.41, 5.74) is 0. The van der Waals surface area contributed by atoms with E-state index >= 15 is 0 Å². The van der Waals surface area contributed by atoms with E-state index in [9.17, 15) is 13.2 Å². The molecule has 0 saturated carbocycles. The average Bonchev–Trinajstić information content (AvgIpc) is 2.02. The molecule has 0 atom stereocenters. The Hall–Kier alpha value is 0.100. The zero-order chi connectivity index (χ0) is 9.90. The van der Waals surface area contributed by atoms with Crippen molar-refractivity contribution < 1.29 is 13.2 Å². The largest absolute Gasteiger partial charge is 0.390 e. The lowest BCUT2D eigenvalue weighted by atomic mass is 10.1. The fraction of sp³-hybridized carbons (Fsp3) is 1.00. The molecule has 0 amide bonds. The van der Waals surface area contributed by atoms with Crippen molar-refractivity contribution in [2.45, 2.75) is 30.7 Å². The predicted molar refractivity (Wildman–Crippen MR) is 49.1 cm³/mol. The summed E-state index contributed by atoms with van der Waals surface area (Å²) in [6, 6.07) is 0. The minimum Gasteiger partial charge on any atom is -0.303 e. The molecule has 0 aromatic carbocycles. The number of thiol groups is 1. The van der Waals surface area contributed by atoms with Gasteiger partial charge in [-0.2, -0.15) is 25.8 Å². The van der Waals surface area contributed by atoms with Crippen molar-refractivity contribution >= 4 is 12.6 Å². The molecule has 1 aliphatic heterocycles. The first-order valence-electron chi connectivity index (χ1n) is 4.44. The van der Waals surface area contributed by atoms with E-state index in [0.29, 0.717) is 5.25 Å². The van der Waals surface area contributed by atoms with Gasteiger partial charge in [-0.05, 0) is 25.9 Å². The quantitative estimate of drug-likeness (QED) is 0.689. The minimum atomic E-state index is -4.02. The van der Waals surface area contributed by atoms with Crippen LogP contribution in [0, 0.1) is 0 Å². The van der Waals surface area contributed by atoms with Crippen LogP contribution in [0.15, 0.2) is 0 Å². The van der Waals surface area contributed by atoms with Gasteiger partial charge >= 0.3 is 6.18 Å². The molecule has 0 N–H and O–H groups in total. The smallest absolute Gasteiger partial charge is 0.303 e. The van der Waals surface area contributed by atoms with Crippen LogP contribution in [0.3, 0.4) is 0 Å². The number of hydrogen-bond acceptors (Lipinski definition) is 2. The highest BCUT2D eigenvalue weighted by Gasteiger charge is 2.28. The first kappa shape index (κ1) is 11.2. The lowest BCUT2D eigenvalue weighted by Crippen LogP contribution is -2.36. The molecular weight excluding hydrogens is 199 g/mol. The summed E-state index contributed by atoms with van der Waals surface area (Å²) >= 11 is 4.28. The molecule has 1 nitrogen and oxygen atoms in total. The van der Waals surface area contributed by atoms with Crippen molar-refractivity contribution in [2.24, 2.45) is 0 Å². The summed E-state index contributed by atoms with van der Waals surface area (Å²) < 4.78 is 35.5. The van der Waals surface area contributed by atoms with E-state index in [2.05, 4.69) is 12.6 Å². The van der Waals surface area contributed by atoms with Crippen LogP contribution in [0.5, 0.6) is 0 Å². The second kappa shape index (κ2) is 4.55. The van der Waals surface area contributed by atoms with Crippen LogP contribution in [0.25, 0.3) is 0 Å². The first-order chi connectivity index (χ1) is 5.97. The summed E-state index contributed by atoms with van der Waals surface area (Å²) in [6.07, 6.45) is -2.90. The Bertz CT molecular complexity index is 152. The summed E-state index contributed by atoms with van der Waals surface area (Å²) in [6.45, 7) is 1.65. The topological polar surface area (TPSA) is 3.24 Å². The second-order valence-electron chi connectivity index (χ2n) is 3.44. The van der Waals surface area contributed by atoms with E-state index in [1.54, 1.807) is 0 Å². The van der Waals surface area contributed by atoms with Gasteiger partial charge in [0.2, 0.25) is 0 Å². The van der Waals surface area contributed by atoms with Crippen LogP contribution in [-0.4, -0.2) is 36.0 Å². The molecule has 0 bridgehead atoms. The number of halogens is 3. The third kappa shape index (κ3) is 4.76. The molecule has 0 aromatic rings. The van der Waals surface area contributed by atoms with Crippen molar-refractivity contribution in [1.82, 2.24) is 4.90 Å². The van der Waals surface area contributed by atoms with Crippen LogP contribution in [-0.2, 0) is 0 Å². The molecule has 1 saturated heterocycles. The standard InChI is InChI=1S/C8H14F3NS/c9-8(10,11)3-6-12-4-1-7(13)2-5-12/h7,13H,1-6H2. The molecule has 1 rings (SSSR count). The lowest BCUT2D eigenvalue weighted by Gasteiger charge is -2.29. The maximum absolute atomic E-state index is 11.8. The van der Waals surface area contributed by atoms with Crippen molar-refractivity contribution in [3.8, 4) is 0 Å². The fourth-order valence-electron chi connectivity index (χ4n) is 1.43. The van der Waals surface area contributed by atoms with Gasteiger partial charge in [0.1, 0.15) is 0 Å². The van der Waals surface area contributed by atoms with Crippen LogP contribution >= 0.6 is 12.6 Å². The molecule has 0 spiro atoms. The van der Waals surface area contributed by atoms with E-state index in [1.165, 1.54) is 0 Å². The Morgan fingerprint density at radius 1 is 1.23 bits per heavy atom. The van der Waals surface area contributed by atoms with Gasteiger partial charge in [-0.15, -0.1) is 0 Å². The summed E-state index contributed by atoms with van der Waals surface area (Å²) in [5, 5.41) is 0.377. The predicted octanol–water partition coefficient (Wildman–Crippen LogP) is 2.33. The van der Waals surface area contributed by atoms with Crippen LogP contribution in [0.4, 0.5) is 13.2 Å². The van der Waals surface area contributed by atoms with Crippen LogP contribution in [0.1, 0.15) is 19.3 Å². The highest BCUT2D eigenvalue weighted by Crippen LogP contribution is 2.21. The first-order valence-corrected chi connectivity index (χ1v) is 4.96. The zero-order valence-electron chi connectivity index (χ0n) is 7.35. The van der Waals surface area contributed by atoms with Gasteiger partial charge in [0.05, 0.1) is 6.42 Å². The van der Waals surface area contributed by atoms with Crippen molar-refractivity contribution in [3.05, 3.63) is 0 Å². The fourth-order valence-corrected chi connectivity index (χ4v) is 1.66. The average molecular weight is 213 g/mol. The Kier molecular flexibility index (Phi) is 3.91. The molecular formula is C8H14F3NS. The number of piperidine rings is 1. The Labute approximate surface area is 81.7 Å². The lowest BCUT2D eigenvalue weighted by molar-refractivity contribution is -0.138. The van der Waals surface area contributed by atoms with Gasteiger partial charge in [-0.25, -0.2) is 0 Å². The van der Waals surface area contributed by atoms with Crippen LogP contribution in [0.2, 0.25) is 0 Å². The zero-order valence-corrected chi connectivity index (χ0v) is 8.24. The molecule has 1 fully saturated rings. The highest BCUT2D eigenvalue weighted by molar-refractivity contribution is 7.80. The summed E-state index contributed by atoms with van der Waals surface area (Å²) in [4.78, 5) is 1.86. The normalized spacial score (nSPS) is 22.2. The van der Waals surface area contributed by atoms with E-state index in [4.69, 9.17) is 0 Å². The number of hydrogen-bond donors (Lipinski definition) is 1. The molecule has 1 aliphatic rings. The Morgan fingerprint density at radius 2 is 1.77 bits per heavy atom. The van der Waals surface area contributed by atoms with Gasteiger partial charge in [0.15, 0.2) is 0 Å². The monoisotopic (exact) mass is 213 g/mol. The van der Waals surface area contributed by atoms with Gasteiger partial charge in [0.25, 0.3) is 0 Å². The van der Waals surface area contributed by atoms with E-state index in [0.717, 1.165) is 25.9 Å². The van der Waals surface area contributed by atoms with Crippen LogP contribution < -0.4 is 0 Å². The number of nitrogens with zero attached hydrogens (tertiary/aromatic N) is 1. The second-order valence-corrected chi connectivity index (χ2v) is 4.17. The van der Waals surface area contributed by atoms with Gasteiger partial charge < -0.3 is 4.90 Å². The van der Waals surface area contributed by atoms with E-state index in [1.807, 2.05) is 4.90 Å². The molecule has 0 unspecified atom stereocenters. The third-order valence-corrected chi connectivity index (χ3v) is 2.79. The summed E-state index contributed by atoms with van der Waals surface area (Å²) in [7, 11) is 0. The van der Waals surface area contributed by atoms with Crippen molar-refractivity contribution in [1.29, 1.82) is 0 Å². The third-order valence-electron chi connectivity index (χ3n) is 2.27. The van der Waals surface area contributed by atoms with Crippen molar-refractivity contribution in [3.63, 3.8) is 0 Å². The summed E-state index contributed by atoms with van der Waals surface area (Å²) in [5.74, 6) is 0. The highest BCUT2D eigenvalue weighted by atomic mass is 32.1. The van der Waals surface area contributed by atoms with Crippen molar-refractivity contribution in [2.75, 3.05) is 19.6 Å². The molecule has 13 heavy (non-hydrogen) atoms.